The van der Waals surface area contributed by atoms with Gasteiger partial charge >= 0.3 is 6.09 Å². The number of halogens is 1. The van der Waals surface area contributed by atoms with Crippen LogP contribution in [0.1, 0.15) is 40.2 Å². The van der Waals surface area contributed by atoms with Crippen LogP contribution in [0.4, 0.5) is 4.79 Å². The molecule has 0 aromatic heterocycles. The molecule has 7 heteroatoms. The topological polar surface area (TPSA) is 74.8 Å². The number of carbonyl (C=O) groups is 1. The SMILES string of the molecule is CN=C(NCCNC(=O)OC(C)(C)C)NCC(C)(C)c1ccccc1.I. The minimum absolute atomic E-state index is 0. The normalized spacial score (nSPS) is 12.0. The van der Waals surface area contributed by atoms with Gasteiger partial charge in [0.1, 0.15) is 5.60 Å². The second-order valence-electron chi connectivity index (χ2n) is 7.53. The van der Waals surface area contributed by atoms with Crippen LogP contribution in [-0.2, 0) is 10.2 Å². The Balaban J connectivity index is 0.00000625. The van der Waals surface area contributed by atoms with E-state index in [1.54, 1.807) is 7.05 Å². The van der Waals surface area contributed by atoms with Crippen molar-refractivity contribution in [2.24, 2.45) is 4.99 Å². The van der Waals surface area contributed by atoms with Crippen LogP contribution in [0.25, 0.3) is 0 Å². The highest BCUT2D eigenvalue weighted by atomic mass is 127. The van der Waals surface area contributed by atoms with E-state index in [1.165, 1.54) is 5.56 Å². The summed E-state index contributed by atoms with van der Waals surface area (Å²) in [5.74, 6) is 0.704. The van der Waals surface area contributed by atoms with Crippen LogP contribution in [0.15, 0.2) is 35.3 Å². The van der Waals surface area contributed by atoms with Crippen LogP contribution in [0.2, 0.25) is 0 Å². The standard InChI is InChI=1S/C19H32N4O2.HI/c1-18(2,3)25-17(24)22-13-12-21-16(20-6)23-14-19(4,5)15-10-8-7-9-11-15;/h7-11H,12-14H2,1-6H3,(H,22,24)(H2,20,21,23);1H. The molecular formula is C19H33IN4O2. The zero-order valence-corrected chi connectivity index (χ0v) is 19.0. The second kappa shape index (κ2) is 11.3. The molecule has 0 aliphatic heterocycles. The summed E-state index contributed by atoms with van der Waals surface area (Å²) in [6.45, 7) is 11.7. The van der Waals surface area contributed by atoms with E-state index in [9.17, 15) is 4.79 Å². The highest BCUT2D eigenvalue weighted by molar-refractivity contribution is 14.0. The molecule has 0 saturated heterocycles. The molecule has 1 aromatic carbocycles. The van der Waals surface area contributed by atoms with Gasteiger partial charge in [-0.1, -0.05) is 44.2 Å². The zero-order chi connectivity index (χ0) is 18.9. The summed E-state index contributed by atoms with van der Waals surface area (Å²) >= 11 is 0. The minimum atomic E-state index is -0.488. The Morgan fingerprint density at radius 2 is 1.58 bits per heavy atom. The fourth-order valence-electron chi connectivity index (χ4n) is 2.18. The molecule has 1 amide bonds. The van der Waals surface area contributed by atoms with E-state index in [0.29, 0.717) is 19.0 Å². The van der Waals surface area contributed by atoms with Crippen LogP contribution in [0.3, 0.4) is 0 Å². The molecule has 0 atom stereocenters. The van der Waals surface area contributed by atoms with Gasteiger partial charge in [-0.25, -0.2) is 4.79 Å². The van der Waals surface area contributed by atoms with Crippen molar-refractivity contribution in [3.05, 3.63) is 35.9 Å². The summed E-state index contributed by atoms with van der Waals surface area (Å²) < 4.78 is 5.19. The summed E-state index contributed by atoms with van der Waals surface area (Å²) in [6, 6.07) is 10.4. The number of guanidine groups is 1. The van der Waals surface area contributed by atoms with Crippen LogP contribution >= 0.6 is 24.0 Å². The number of rotatable bonds is 6. The van der Waals surface area contributed by atoms with E-state index in [4.69, 9.17) is 4.74 Å². The molecule has 0 aliphatic rings. The molecule has 0 spiro atoms. The van der Waals surface area contributed by atoms with Crippen LogP contribution in [0.5, 0.6) is 0 Å². The van der Waals surface area contributed by atoms with Crippen molar-refractivity contribution in [2.75, 3.05) is 26.7 Å². The fraction of sp³-hybridized carbons (Fsp3) is 0.579. The van der Waals surface area contributed by atoms with Gasteiger partial charge in [-0.3, -0.25) is 4.99 Å². The highest BCUT2D eigenvalue weighted by Gasteiger charge is 2.20. The fourth-order valence-corrected chi connectivity index (χ4v) is 2.18. The Morgan fingerprint density at radius 1 is 1.00 bits per heavy atom. The molecule has 0 bridgehead atoms. The third kappa shape index (κ3) is 9.84. The number of amides is 1. The van der Waals surface area contributed by atoms with Gasteiger partial charge in [0.15, 0.2) is 5.96 Å². The molecule has 0 unspecified atom stereocenters. The first-order chi connectivity index (χ1) is 11.6. The van der Waals surface area contributed by atoms with Crippen LogP contribution < -0.4 is 16.0 Å². The molecule has 0 radical (unpaired) electrons. The van der Waals surface area contributed by atoms with Crippen molar-refractivity contribution < 1.29 is 9.53 Å². The first-order valence-electron chi connectivity index (χ1n) is 8.61. The number of nitrogens with one attached hydrogen (secondary N) is 3. The molecular weight excluding hydrogens is 443 g/mol. The number of hydrogen-bond donors (Lipinski definition) is 3. The molecule has 1 rings (SSSR count). The number of nitrogens with zero attached hydrogens (tertiary/aromatic N) is 1. The van der Waals surface area contributed by atoms with Crippen molar-refractivity contribution in [2.45, 2.75) is 45.6 Å². The van der Waals surface area contributed by atoms with E-state index in [1.807, 2.05) is 39.0 Å². The minimum Gasteiger partial charge on any atom is -0.444 e. The average Bonchev–Trinajstić information content (AvgIpc) is 2.53. The Kier molecular flexibility index (Phi) is 10.6. The largest absolute Gasteiger partial charge is 0.444 e. The van der Waals surface area contributed by atoms with Crippen molar-refractivity contribution in [3.63, 3.8) is 0 Å². The number of aliphatic imine (C=N–C) groups is 1. The van der Waals surface area contributed by atoms with Gasteiger partial charge in [0, 0.05) is 32.1 Å². The first-order valence-corrected chi connectivity index (χ1v) is 8.61. The van der Waals surface area contributed by atoms with Gasteiger partial charge in [0.25, 0.3) is 0 Å². The van der Waals surface area contributed by atoms with E-state index in [2.05, 4.69) is 46.9 Å². The molecule has 0 aliphatic carbocycles. The van der Waals surface area contributed by atoms with Crippen molar-refractivity contribution >= 4 is 36.0 Å². The number of ether oxygens (including phenoxy) is 1. The molecule has 148 valence electrons. The lowest BCUT2D eigenvalue weighted by molar-refractivity contribution is 0.0529. The lowest BCUT2D eigenvalue weighted by Gasteiger charge is -2.26. The Morgan fingerprint density at radius 3 is 2.12 bits per heavy atom. The highest BCUT2D eigenvalue weighted by Crippen LogP contribution is 2.21. The molecule has 6 nitrogen and oxygen atoms in total. The van der Waals surface area contributed by atoms with E-state index >= 15 is 0 Å². The number of hydrogen-bond acceptors (Lipinski definition) is 3. The van der Waals surface area contributed by atoms with Gasteiger partial charge in [0.2, 0.25) is 0 Å². The maximum absolute atomic E-state index is 11.6. The van der Waals surface area contributed by atoms with Crippen molar-refractivity contribution in [3.8, 4) is 0 Å². The Bertz CT molecular complexity index is 569. The molecule has 1 aromatic rings. The van der Waals surface area contributed by atoms with Crippen molar-refractivity contribution in [1.29, 1.82) is 0 Å². The second-order valence-corrected chi connectivity index (χ2v) is 7.53. The average molecular weight is 476 g/mol. The predicted octanol–water partition coefficient (Wildman–Crippen LogP) is 3.27. The number of alkyl carbamates (subject to hydrolysis) is 1. The smallest absolute Gasteiger partial charge is 0.407 e. The molecule has 0 heterocycles. The Labute approximate surface area is 174 Å². The van der Waals surface area contributed by atoms with Crippen LogP contribution in [0, 0.1) is 0 Å². The summed E-state index contributed by atoms with van der Waals surface area (Å²) in [4.78, 5) is 15.8. The molecule has 26 heavy (non-hydrogen) atoms. The lowest BCUT2D eigenvalue weighted by atomic mass is 9.85. The Hall–Kier alpha value is -1.51. The van der Waals surface area contributed by atoms with E-state index in [0.717, 1.165) is 6.54 Å². The van der Waals surface area contributed by atoms with Gasteiger partial charge in [0.05, 0.1) is 0 Å². The van der Waals surface area contributed by atoms with Gasteiger partial charge in [-0.15, -0.1) is 24.0 Å². The maximum Gasteiger partial charge on any atom is 0.407 e. The third-order valence-corrected chi connectivity index (χ3v) is 3.56. The first kappa shape index (κ1) is 24.5. The molecule has 3 N–H and O–H groups in total. The van der Waals surface area contributed by atoms with E-state index in [-0.39, 0.29) is 29.4 Å². The van der Waals surface area contributed by atoms with Crippen LogP contribution in [-0.4, -0.2) is 44.3 Å². The maximum atomic E-state index is 11.6. The summed E-state index contributed by atoms with van der Waals surface area (Å²) in [6.07, 6.45) is -0.414. The predicted molar refractivity (Wildman–Crippen MR) is 118 cm³/mol. The number of carbonyl (C=O) groups excluding carboxylic acids is 1. The van der Waals surface area contributed by atoms with Gasteiger partial charge < -0.3 is 20.7 Å². The monoisotopic (exact) mass is 476 g/mol. The van der Waals surface area contributed by atoms with Crippen molar-refractivity contribution in [1.82, 2.24) is 16.0 Å². The summed E-state index contributed by atoms with van der Waals surface area (Å²) in [5, 5.41) is 9.22. The molecule has 0 fully saturated rings. The zero-order valence-electron chi connectivity index (χ0n) is 16.7. The summed E-state index contributed by atoms with van der Waals surface area (Å²) in [7, 11) is 1.73. The van der Waals surface area contributed by atoms with Gasteiger partial charge in [-0.2, -0.15) is 0 Å². The number of benzene rings is 1. The quantitative estimate of drug-likeness (QED) is 0.255. The van der Waals surface area contributed by atoms with E-state index < -0.39 is 11.7 Å². The molecule has 0 saturated carbocycles. The third-order valence-electron chi connectivity index (χ3n) is 3.56. The van der Waals surface area contributed by atoms with Gasteiger partial charge in [-0.05, 0) is 26.3 Å². The summed E-state index contributed by atoms with van der Waals surface area (Å²) in [5.41, 5.74) is 0.760. The lowest BCUT2D eigenvalue weighted by Crippen LogP contribution is -2.45.